The van der Waals surface area contributed by atoms with Crippen LogP contribution < -0.4 is 14.8 Å². The number of piperazine rings is 1. The van der Waals surface area contributed by atoms with Crippen molar-refractivity contribution < 1.29 is 9.47 Å². The van der Waals surface area contributed by atoms with Gasteiger partial charge in [0.1, 0.15) is 13.2 Å². The molecule has 0 unspecified atom stereocenters. The number of rotatable bonds is 3. The van der Waals surface area contributed by atoms with E-state index in [0.717, 1.165) is 37.7 Å². The van der Waals surface area contributed by atoms with Crippen molar-refractivity contribution >= 4 is 11.8 Å². The molecule has 0 amide bonds. The van der Waals surface area contributed by atoms with Gasteiger partial charge in [-0.2, -0.15) is 0 Å². The van der Waals surface area contributed by atoms with Gasteiger partial charge in [-0.1, -0.05) is 0 Å². The molecule has 0 aromatic heterocycles. The average molecular weight is 294 g/mol. The van der Waals surface area contributed by atoms with Crippen molar-refractivity contribution in [1.82, 2.24) is 10.2 Å². The van der Waals surface area contributed by atoms with E-state index in [1.807, 2.05) is 0 Å². The maximum absolute atomic E-state index is 5.71. The van der Waals surface area contributed by atoms with E-state index in [1.165, 1.54) is 10.5 Å². The van der Waals surface area contributed by atoms with Crippen LogP contribution in [0, 0.1) is 0 Å². The maximum atomic E-state index is 5.71. The first kappa shape index (κ1) is 14.0. The Morgan fingerprint density at radius 2 is 2.05 bits per heavy atom. The highest BCUT2D eigenvalue weighted by Gasteiger charge is 2.20. The number of nitrogens with one attached hydrogen (secondary N) is 1. The zero-order valence-electron chi connectivity index (χ0n) is 12.1. The van der Waals surface area contributed by atoms with E-state index in [-0.39, 0.29) is 0 Å². The molecule has 0 saturated carbocycles. The maximum Gasteiger partial charge on any atom is 0.162 e. The fraction of sp³-hybridized carbons (Fsp3) is 0.600. The second-order valence-corrected chi connectivity index (χ2v) is 6.25. The summed E-state index contributed by atoms with van der Waals surface area (Å²) in [7, 11) is 0. The molecular weight excluding hydrogens is 272 g/mol. The molecule has 3 rings (SSSR count). The molecule has 2 aliphatic heterocycles. The Morgan fingerprint density at radius 3 is 2.75 bits per heavy atom. The van der Waals surface area contributed by atoms with Crippen LogP contribution in [-0.4, -0.2) is 50.0 Å². The standard InChI is InChI=1S/C15H22N2O2S/c1-11-9-17(4-3-16-11)10-12-7-13-14(8-15(12)20-2)19-6-5-18-13/h7-8,11,16H,3-6,9-10H2,1-2H3/t11-/m1/s1. The minimum atomic E-state index is 0.568. The van der Waals surface area contributed by atoms with Crippen LogP contribution in [0.15, 0.2) is 17.0 Å². The molecule has 1 N–H and O–H groups in total. The zero-order chi connectivity index (χ0) is 13.9. The van der Waals surface area contributed by atoms with Crippen LogP contribution in [0.1, 0.15) is 12.5 Å². The second-order valence-electron chi connectivity index (χ2n) is 5.40. The normalized spacial score (nSPS) is 22.8. The first-order valence-corrected chi connectivity index (χ1v) is 8.41. The van der Waals surface area contributed by atoms with E-state index < -0.39 is 0 Å². The number of benzene rings is 1. The van der Waals surface area contributed by atoms with Gasteiger partial charge in [0, 0.05) is 37.1 Å². The van der Waals surface area contributed by atoms with Gasteiger partial charge in [0.15, 0.2) is 11.5 Å². The summed E-state index contributed by atoms with van der Waals surface area (Å²) in [5, 5.41) is 3.48. The molecule has 1 aromatic rings. The molecule has 0 aliphatic carbocycles. The fourth-order valence-electron chi connectivity index (χ4n) is 2.82. The van der Waals surface area contributed by atoms with E-state index in [0.29, 0.717) is 19.3 Å². The van der Waals surface area contributed by atoms with Crippen molar-refractivity contribution in [3.8, 4) is 11.5 Å². The predicted octanol–water partition coefficient (Wildman–Crippen LogP) is 1.97. The lowest BCUT2D eigenvalue weighted by Gasteiger charge is -2.32. The third kappa shape index (κ3) is 3.05. The smallest absolute Gasteiger partial charge is 0.162 e. The molecule has 5 heteroatoms. The Kier molecular flexibility index (Phi) is 4.38. The third-order valence-electron chi connectivity index (χ3n) is 3.79. The van der Waals surface area contributed by atoms with E-state index >= 15 is 0 Å². The van der Waals surface area contributed by atoms with Gasteiger partial charge >= 0.3 is 0 Å². The van der Waals surface area contributed by atoms with Crippen molar-refractivity contribution in [2.24, 2.45) is 0 Å². The van der Waals surface area contributed by atoms with Crippen LogP contribution in [0.2, 0.25) is 0 Å². The summed E-state index contributed by atoms with van der Waals surface area (Å²) in [6.07, 6.45) is 2.12. The number of thioether (sulfide) groups is 1. The Balaban J connectivity index is 1.80. The monoisotopic (exact) mass is 294 g/mol. The summed E-state index contributed by atoms with van der Waals surface area (Å²) in [4.78, 5) is 3.80. The number of nitrogens with zero attached hydrogens (tertiary/aromatic N) is 1. The highest BCUT2D eigenvalue weighted by atomic mass is 32.2. The topological polar surface area (TPSA) is 33.7 Å². The Hall–Kier alpha value is -0.910. The molecule has 0 radical (unpaired) electrons. The molecule has 2 aliphatic rings. The van der Waals surface area contributed by atoms with Gasteiger partial charge in [0.2, 0.25) is 0 Å². The fourth-order valence-corrected chi connectivity index (χ4v) is 3.43. The molecule has 4 nitrogen and oxygen atoms in total. The number of ether oxygens (including phenoxy) is 2. The zero-order valence-corrected chi connectivity index (χ0v) is 13.0. The highest BCUT2D eigenvalue weighted by Crippen LogP contribution is 2.37. The molecule has 2 heterocycles. The van der Waals surface area contributed by atoms with Crippen molar-refractivity contribution in [2.75, 3.05) is 39.1 Å². The quantitative estimate of drug-likeness (QED) is 0.862. The van der Waals surface area contributed by atoms with Crippen LogP contribution in [0.4, 0.5) is 0 Å². The van der Waals surface area contributed by atoms with Gasteiger partial charge in [0.05, 0.1) is 0 Å². The Morgan fingerprint density at radius 1 is 1.30 bits per heavy atom. The first-order valence-electron chi connectivity index (χ1n) is 7.18. The summed E-state index contributed by atoms with van der Waals surface area (Å²) >= 11 is 1.78. The lowest BCUT2D eigenvalue weighted by Crippen LogP contribution is -2.48. The highest BCUT2D eigenvalue weighted by molar-refractivity contribution is 7.98. The molecular formula is C15H22N2O2S. The largest absolute Gasteiger partial charge is 0.486 e. The summed E-state index contributed by atoms with van der Waals surface area (Å²) < 4.78 is 11.4. The SMILES string of the molecule is CSc1cc2c(cc1CN1CCN[C@H](C)C1)OCCO2. The summed E-state index contributed by atoms with van der Waals surface area (Å²) in [6.45, 7) is 7.80. The Bertz CT molecular complexity index is 481. The lowest BCUT2D eigenvalue weighted by atomic mass is 10.1. The third-order valence-corrected chi connectivity index (χ3v) is 4.61. The van der Waals surface area contributed by atoms with E-state index in [9.17, 15) is 0 Å². The molecule has 110 valence electrons. The number of hydrogen-bond donors (Lipinski definition) is 1. The Labute approximate surface area is 124 Å². The summed E-state index contributed by atoms with van der Waals surface area (Å²) in [5.41, 5.74) is 1.34. The number of fused-ring (bicyclic) bond motifs is 1. The average Bonchev–Trinajstić information content (AvgIpc) is 2.46. The minimum absolute atomic E-state index is 0.568. The predicted molar refractivity (Wildman–Crippen MR) is 82.0 cm³/mol. The van der Waals surface area contributed by atoms with Crippen LogP contribution in [-0.2, 0) is 6.54 Å². The summed E-state index contributed by atoms with van der Waals surface area (Å²) in [6, 6.07) is 4.85. The van der Waals surface area contributed by atoms with Crippen LogP contribution in [0.5, 0.6) is 11.5 Å². The van der Waals surface area contributed by atoms with Gasteiger partial charge in [-0.3, -0.25) is 4.90 Å². The van der Waals surface area contributed by atoms with Gasteiger partial charge in [-0.05, 0) is 30.9 Å². The van der Waals surface area contributed by atoms with E-state index in [4.69, 9.17) is 9.47 Å². The van der Waals surface area contributed by atoms with Gasteiger partial charge in [-0.25, -0.2) is 0 Å². The molecule has 0 spiro atoms. The molecule has 20 heavy (non-hydrogen) atoms. The van der Waals surface area contributed by atoms with Gasteiger partial charge in [-0.15, -0.1) is 11.8 Å². The molecule has 1 aromatic carbocycles. The second kappa shape index (κ2) is 6.24. The molecule has 1 fully saturated rings. The van der Waals surface area contributed by atoms with E-state index in [2.05, 4.69) is 35.5 Å². The number of hydrogen-bond acceptors (Lipinski definition) is 5. The van der Waals surface area contributed by atoms with Crippen LogP contribution in [0.25, 0.3) is 0 Å². The van der Waals surface area contributed by atoms with Gasteiger partial charge in [0.25, 0.3) is 0 Å². The van der Waals surface area contributed by atoms with Crippen molar-refractivity contribution in [3.05, 3.63) is 17.7 Å². The van der Waals surface area contributed by atoms with Crippen molar-refractivity contribution in [3.63, 3.8) is 0 Å². The van der Waals surface area contributed by atoms with Crippen molar-refractivity contribution in [2.45, 2.75) is 24.4 Å². The molecule has 1 atom stereocenters. The van der Waals surface area contributed by atoms with Crippen molar-refractivity contribution in [1.29, 1.82) is 0 Å². The lowest BCUT2D eigenvalue weighted by molar-refractivity contribution is 0.169. The minimum Gasteiger partial charge on any atom is -0.486 e. The van der Waals surface area contributed by atoms with Crippen LogP contribution >= 0.6 is 11.8 Å². The molecule has 0 bridgehead atoms. The first-order chi connectivity index (χ1) is 9.76. The van der Waals surface area contributed by atoms with Gasteiger partial charge < -0.3 is 14.8 Å². The molecule has 1 saturated heterocycles. The summed E-state index contributed by atoms with van der Waals surface area (Å²) in [5.74, 6) is 1.78. The van der Waals surface area contributed by atoms with Crippen LogP contribution in [0.3, 0.4) is 0 Å². The van der Waals surface area contributed by atoms with E-state index in [1.54, 1.807) is 11.8 Å².